The number of alkyl halides is 6. The molecule has 1 aliphatic rings. The molecule has 0 spiro atoms. The fourth-order valence-corrected chi connectivity index (χ4v) is 4.51. The Morgan fingerprint density at radius 3 is 1.29 bits per heavy atom. The first-order valence-electron chi connectivity index (χ1n) is 12.9. The first kappa shape index (κ1) is 34.8. The van der Waals surface area contributed by atoms with Gasteiger partial charge in [-0.25, -0.2) is 0 Å². The summed E-state index contributed by atoms with van der Waals surface area (Å²) in [4.78, 5) is 52.9. The Morgan fingerprint density at radius 1 is 0.571 bits per heavy atom. The van der Waals surface area contributed by atoms with Crippen molar-refractivity contribution in [3.8, 4) is 0 Å². The standard InChI is InChI=1S/C25H32F6N4O7/c26-24(27,28)18-11-17(12-19(13-18)25(29,30)31)23(42)35-6-2-5-33(15-21(38)39)8-7-32(14-20(36)37)3-1-4-34(9-10-35)16-22(40)41/h11-13H,1-10,14-16H2,(H,36,37)(H,38,39)(H,40,41). The Kier molecular flexibility index (Phi) is 12.5. The quantitative estimate of drug-likeness (QED) is 0.391. The van der Waals surface area contributed by atoms with Gasteiger partial charge in [0.25, 0.3) is 5.91 Å². The predicted molar refractivity (Wildman–Crippen MR) is 134 cm³/mol. The van der Waals surface area contributed by atoms with Crippen LogP contribution in [-0.4, -0.2) is 131 Å². The van der Waals surface area contributed by atoms with Gasteiger partial charge in [0.15, 0.2) is 0 Å². The number of hydrogen-bond donors (Lipinski definition) is 3. The fraction of sp³-hybridized carbons (Fsp3) is 0.600. The maximum absolute atomic E-state index is 13.4. The molecule has 3 N–H and O–H groups in total. The summed E-state index contributed by atoms with van der Waals surface area (Å²) in [6.07, 6.45) is -9.98. The maximum Gasteiger partial charge on any atom is 0.416 e. The number of carbonyl (C=O) groups is 4. The van der Waals surface area contributed by atoms with Crippen LogP contribution in [0.4, 0.5) is 26.3 Å². The molecule has 17 heteroatoms. The lowest BCUT2D eigenvalue weighted by molar-refractivity contribution is -0.143. The van der Waals surface area contributed by atoms with Gasteiger partial charge in [-0.15, -0.1) is 0 Å². The molecule has 11 nitrogen and oxygen atoms in total. The minimum absolute atomic E-state index is 0.0617. The molecule has 236 valence electrons. The van der Waals surface area contributed by atoms with Gasteiger partial charge in [0.1, 0.15) is 0 Å². The van der Waals surface area contributed by atoms with E-state index in [9.17, 15) is 60.8 Å². The van der Waals surface area contributed by atoms with Crippen molar-refractivity contribution in [1.82, 2.24) is 19.6 Å². The predicted octanol–water partition coefficient (Wildman–Crippen LogP) is 2.12. The summed E-state index contributed by atoms with van der Waals surface area (Å²) >= 11 is 0. The normalized spacial score (nSPS) is 17.9. The van der Waals surface area contributed by atoms with Crippen LogP contribution in [0.3, 0.4) is 0 Å². The Hall–Kier alpha value is -3.44. The number of carboxylic acid groups (broad SMARTS) is 3. The van der Waals surface area contributed by atoms with Gasteiger partial charge < -0.3 is 20.2 Å². The van der Waals surface area contributed by atoms with Gasteiger partial charge in [0.05, 0.1) is 30.8 Å². The molecule has 0 bridgehead atoms. The van der Waals surface area contributed by atoms with Crippen molar-refractivity contribution >= 4 is 23.8 Å². The Bertz CT molecular complexity index is 1080. The number of amides is 1. The smallest absolute Gasteiger partial charge is 0.416 e. The second-order valence-corrected chi connectivity index (χ2v) is 9.80. The van der Waals surface area contributed by atoms with E-state index in [0.717, 1.165) is 4.90 Å². The first-order valence-corrected chi connectivity index (χ1v) is 12.9. The van der Waals surface area contributed by atoms with E-state index in [1.54, 1.807) is 4.90 Å². The number of hydrogen-bond acceptors (Lipinski definition) is 7. The van der Waals surface area contributed by atoms with Gasteiger partial charge in [0.2, 0.25) is 0 Å². The zero-order chi connectivity index (χ0) is 31.7. The highest BCUT2D eigenvalue weighted by molar-refractivity contribution is 5.94. The lowest BCUT2D eigenvalue weighted by Crippen LogP contribution is -2.45. The molecule has 1 amide bonds. The van der Waals surface area contributed by atoms with Crippen molar-refractivity contribution in [3.05, 3.63) is 34.9 Å². The molecule has 0 radical (unpaired) electrons. The summed E-state index contributed by atoms with van der Waals surface area (Å²) in [7, 11) is 0. The van der Waals surface area contributed by atoms with E-state index in [0.29, 0.717) is 12.1 Å². The third-order valence-corrected chi connectivity index (χ3v) is 6.47. The van der Waals surface area contributed by atoms with Crippen LogP contribution in [0.25, 0.3) is 0 Å². The Morgan fingerprint density at radius 2 is 0.929 bits per heavy atom. The average Bonchev–Trinajstić information content (AvgIpc) is 2.85. The van der Waals surface area contributed by atoms with Gasteiger partial charge >= 0.3 is 30.3 Å². The highest BCUT2D eigenvalue weighted by Gasteiger charge is 2.38. The molecular formula is C25H32F6N4O7. The SMILES string of the molecule is O=C(O)CN1CCCN(CC(=O)O)CCN(C(=O)c2cc(C(F)(F)F)cc(C(F)(F)F)c2)CCCN(CC(=O)O)CC1. The van der Waals surface area contributed by atoms with Crippen molar-refractivity contribution in [2.75, 3.05) is 72.0 Å². The monoisotopic (exact) mass is 614 g/mol. The summed E-state index contributed by atoms with van der Waals surface area (Å²) in [5.74, 6) is -4.64. The number of rotatable bonds is 7. The van der Waals surface area contributed by atoms with Crippen molar-refractivity contribution in [3.63, 3.8) is 0 Å². The number of carbonyl (C=O) groups excluding carboxylic acids is 1. The molecule has 0 unspecified atom stereocenters. The molecular weight excluding hydrogens is 582 g/mol. The number of carboxylic acids is 3. The van der Waals surface area contributed by atoms with E-state index >= 15 is 0 Å². The van der Waals surface area contributed by atoms with Crippen molar-refractivity contribution in [1.29, 1.82) is 0 Å². The molecule has 0 aliphatic carbocycles. The molecule has 0 atom stereocenters. The molecule has 1 heterocycles. The molecule has 0 saturated carbocycles. The van der Waals surface area contributed by atoms with Crippen molar-refractivity contribution in [2.24, 2.45) is 0 Å². The first-order chi connectivity index (χ1) is 19.5. The number of nitrogens with zero attached hydrogens (tertiary/aromatic N) is 4. The Labute approximate surface area is 236 Å². The largest absolute Gasteiger partial charge is 0.480 e. The summed E-state index contributed by atoms with van der Waals surface area (Å²) < 4.78 is 80.3. The van der Waals surface area contributed by atoms with Crippen molar-refractivity contribution < 1.29 is 60.8 Å². The highest BCUT2D eigenvalue weighted by atomic mass is 19.4. The van der Waals surface area contributed by atoms with Gasteiger partial charge in [-0.3, -0.25) is 33.9 Å². The second-order valence-electron chi connectivity index (χ2n) is 9.80. The van der Waals surface area contributed by atoms with E-state index in [4.69, 9.17) is 0 Å². The number of halogens is 6. The van der Waals surface area contributed by atoms with E-state index in [1.165, 1.54) is 9.80 Å². The van der Waals surface area contributed by atoms with Crippen LogP contribution in [-0.2, 0) is 26.7 Å². The van der Waals surface area contributed by atoms with Gasteiger partial charge in [-0.1, -0.05) is 0 Å². The second kappa shape index (κ2) is 15.2. The molecule has 0 aromatic heterocycles. The van der Waals surface area contributed by atoms with E-state index in [1.807, 2.05) is 0 Å². The molecule has 1 aromatic rings. The number of benzene rings is 1. The van der Waals surface area contributed by atoms with Crippen LogP contribution < -0.4 is 0 Å². The van der Waals surface area contributed by atoms with Crippen molar-refractivity contribution in [2.45, 2.75) is 25.2 Å². The molecule has 1 aromatic carbocycles. The molecule has 1 aliphatic heterocycles. The Balaban J connectivity index is 2.40. The van der Waals surface area contributed by atoms with E-state index in [-0.39, 0.29) is 77.8 Å². The molecule has 1 saturated heterocycles. The fourth-order valence-electron chi connectivity index (χ4n) is 4.51. The minimum atomic E-state index is -5.17. The third-order valence-electron chi connectivity index (χ3n) is 6.47. The third kappa shape index (κ3) is 11.8. The lowest BCUT2D eigenvalue weighted by Gasteiger charge is -2.31. The maximum atomic E-state index is 13.4. The zero-order valence-corrected chi connectivity index (χ0v) is 22.5. The number of aliphatic carboxylic acids is 3. The van der Waals surface area contributed by atoms with Gasteiger partial charge in [-0.05, 0) is 31.0 Å². The van der Waals surface area contributed by atoms with Gasteiger partial charge in [0, 0.05) is 57.9 Å². The lowest BCUT2D eigenvalue weighted by atomic mass is 10.0. The van der Waals surface area contributed by atoms with Gasteiger partial charge in [-0.2, -0.15) is 26.3 Å². The zero-order valence-electron chi connectivity index (χ0n) is 22.5. The molecule has 42 heavy (non-hydrogen) atoms. The van der Waals surface area contributed by atoms with Crippen LogP contribution in [0.1, 0.15) is 34.3 Å². The highest BCUT2D eigenvalue weighted by Crippen LogP contribution is 2.36. The summed E-state index contributed by atoms with van der Waals surface area (Å²) in [5.41, 5.74) is -4.17. The summed E-state index contributed by atoms with van der Waals surface area (Å²) in [6, 6.07) is 0.559. The summed E-state index contributed by atoms with van der Waals surface area (Å²) in [6.45, 7) is -1.08. The van der Waals surface area contributed by atoms with Crippen LogP contribution in [0, 0.1) is 0 Å². The van der Waals surface area contributed by atoms with E-state index < -0.39 is 65.9 Å². The topological polar surface area (TPSA) is 142 Å². The van der Waals surface area contributed by atoms with Crippen LogP contribution in [0.2, 0.25) is 0 Å². The molecule has 1 fully saturated rings. The average molecular weight is 615 g/mol. The molecule has 2 rings (SSSR count). The van der Waals surface area contributed by atoms with Crippen LogP contribution >= 0.6 is 0 Å². The van der Waals surface area contributed by atoms with Crippen LogP contribution in [0.5, 0.6) is 0 Å². The van der Waals surface area contributed by atoms with Crippen LogP contribution in [0.15, 0.2) is 18.2 Å². The van der Waals surface area contributed by atoms with E-state index in [2.05, 4.69) is 0 Å². The minimum Gasteiger partial charge on any atom is -0.480 e. The summed E-state index contributed by atoms with van der Waals surface area (Å²) in [5, 5.41) is 27.8.